The minimum absolute atomic E-state index is 0.0102. The van der Waals surface area contributed by atoms with Gasteiger partial charge in [-0.15, -0.1) is 0 Å². The van der Waals surface area contributed by atoms with Crippen LogP contribution >= 0.6 is 23.2 Å². The zero-order chi connectivity index (χ0) is 20.1. The molecule has 0 spiro atoms. The molecule has 1 amide bonds. The van der Waals surface area contributed by atoms with E-state index in [2.05, 4.69) is 5.32 Å². The van der Waals surface area contributed by atoms with Crippen LogP contribution in [0.3, 0.4) is 0 Å². The number of anilines is 1. The van der Waals surface area contributed by atoms with E-state index in [0.29, 0.717) is 15.6 Å². The molecular weight excluding hydrogens is 397 g/mol. The Bertz CT molecular complexity index is 1060. The third-order valence-corrected chi connectivity index (χ3v) is 4.72. The molecule has 0 saturated carbocycles. The molecule has 3 aromatic carbocycles. The highest BCUT2D eigenvalue weighted by Gasteiger charge is 2.13. The monoisotopic (exact) mass is 411 g/mol. The lowest BCUT2D eigenvalue weighted by atomic mass is 10.0. The predicted molar refractivity (Wildman–Crippen MR) is 113 cm³/mol. The Balaban J connectivity index is 1.85. The van der Waals surface area contributed by atoms with Gasteiger partial charge in [0.1, 0.15) is 0 Å². The summed E-state index contributed by atoms with van der Waals surface area (Å²) in [5.41, 5.74) is 2.64. The fourth-order valence-corrected chi connectivity index (χ4v) is 2.91. The Morgan fingerprint density at radius 1 is 0.857 bits per heavy atom. The summed E-state index contributed by atoms with van der Waals surface area (Å²) in [4.78, 5) is 23.8. The summed E-state index contributed by atoms with van der Waals surface area (Å²) in [5.74, 6) is -1.58. The number of amides is 1. The van der Waals surface area contributed by atoms with E-state index in [1.807, 2.05) is 30.3 Å². The average Bonchev–Trinajstić information content (AvgIpc) is 2.69. The summed E-state index contributed by atoms with van der Waals surface area (Å²) < 4.78 is 0. The summed E-state index contributed by atoms with van der Waals surface area (Å²) >= 11 is 11.8. The smallest absolute Gasteiger partial charge is 0.337 e. The Kier molecular flexibility index (Phi) is 6.14. The highest BCUT2D eigenvalue weighted by atomic mass is 35.5. The quantitative estimate of drug-likeness (QED) is 0.505. The van der Waals surface area contributed by atoms with Gasteiger partial charge in [-0.1, -0.05) is 65.7 Å². The molecule has 3 aromatic rings. The first kappa shape index (κ1) is 19.7. The molecule has 0 aliphatic carbocycles. The van der Waals surface area contributed by atoms with Crippen molar-refractivity contribution in [2.75, 3.05) is 5.32 Å². The second kappa shape index (κ2) is 8.74. The van der Waals surface area contributed by atoms with Crippen LogP contribution in [0, 0.1) is 0 Å². The molecule has 0 unspecified atom stereocenters. The molecule has 0 heterocycles. The molecule has 0 bridgehead atoms. The number of carboxylic acid groups (broad SMARTS) is 1. The SMILES string of the molecule is O=C(/C=C/c1ccc(Cl)c(Cl)c1)Nc1cc(-c2ccccc2)ccc1C(=O)O. The first-order valence-electron chi connectivity index (χ1n) is 8.31. The third kappa shape index (κ3) is 4.80. The molecule has 0 aliphatic heterocycles. The highest BCUT2D eigenvalue weighted by molar-refractivity contribution is 6.42. The van der Waals surface area contributed by atoms with Gasteiger partial charge < -0.3 is 10.4 Å². The lowest BCUT2D eigenvalue weighted by molar-refractivity contribution is -0.111. The maximum absolute atomic E-state index is 12.3. The fraction of sp³-hybridized carbons (Fsp3) is 0. The van der Waals surface area contributed by atoms with E-state index < -0.39 is 11.9 Å². The van der Waals surface area contributed by atoms with Gasteiger partial charge in [-0.3, -0.25) is 4.79 Å². The average molecular weight is 412 g/mol. The number of hydrogen-bond acceptors (Lipinski definition) is 2. The maximum atomic E-state index is 12.3. The standard InChI is InChI=1S/C22H15Cl2NO3/c23-18-10-6-14(12-19(18)24)7-11-21(26)25-20-13-16(8-9-17(20)22(27)28)15-4-2-1-3-5-15/h1-13H,(H,25,26)(H,27,28)/b11-7+. The van der Waals surface area contributed by atoms with Crippen molar-refractivity contribution in [2.45, 2.75) is 0 Å². The van der Waals surface area contributed by atoms with Crippen molar-refractivity contribution < 1.29 is 14.7 Å². The number of carbonyl (C=O) groups excluding carboxylic acids is 1. The van der Waals surface area contributed by atoms with Crippen LogP contribution in [0.15, 0.2) is 72.8 Å². The van der Waals surface area contributed by atoms with Gasteiger partial charge in [0.05, 0.1) is 21.3 Å². The number of halogens is 2. The van der Waals surface area contributed by atoms with Gasteiger partial charge in [-0.2, -0.15) is 0 Å². The molecule has 2 N–H and O–H groups in total. The zero-order valence-electron chi connectivity index (χ0n) is 14.5. The maximum Gasteiger partial charge on any atom is 0.337 e. The largest absolute Gasteiger partial charge is 0.478 e. The van der Waals surface area contributed by atoms with E-state index in [0.717, 1.165) is 11.1 Å². The second-order valence-electron chi connectivity index (χ2n) is 5.93. The summed E-state index contributed by atoms with van der Waals surface area (Å²) in [6.07, 6.45) is 2.87. The molecule has 0 fully saturated rings. The summed E-state index contributed by atoms with van der Waals surface area (Å²) in [6, 6.07) is 19.3. The van der Waals surface area contributed by atoms with E-state index in [4.69, 9.17) is 23.2 Å². The minimum atomic E-state index is -1.12. The second-order valence-corrected chi connectivity index (χ2v) is 6.74. The fourth-order valence-electron chi connectivity index (χ4n) is 2.61. The minimum Gasteiger partial charge on any atom is -0.478 e. The third-order valence-electron chi connectivity index (χ3n) is 3.99. The van der Waals surface area contributed by atoms with Gasteiger partial charge in [-0.05, 0) is 47.0 Å². The molecule has 4 nitrogen and oxygen atoms in total. The topological polar surface area (TPSA) is 66.4 Å². The number of hydrogen-bond donors (Lipinski definition) is 2. The van der Waals surface area contributed by atoms with E-state index in [-0.39, 0.29) is 11.3 Å². The van der Waals surface area contributed by atoms with Crippen LogP contribution in [0.25, 0.3) is 17.2 Å². The Morgan fingerprint density at radius 2 is 1.61 bits per heavy atom. The highest BCUT2D eigenvalue weighted by Crippen LogP contribution is 2.26. The van der Waals surface area contributed by atoms with Crippen molar-refractivity contribution in [2.24, 2.45) is 0 Å². The summed E-state index contributed by atoms with van der Waals surface area (Å²) in [6.45, 7) is 0. The van der Waals surface area contributed by atoms with Crippen molar-refractivity contribution >= 4 is 46.8 Å². The van der Waals surface area contributed by atoms with Crippen LogP contribution in [-0.4, -0.2) is 17.0 Å². The molecule has 140 valence electrons. The van der Waals surface area contributed by atoms with Crippen molar-refractivity contribution in [3.8, 4) is 11.1 Å². The molecule has 0 aromatic heterocycles. The molecule has 0 aliphatic rings. The lowest BCUT2D eigenvalue weighted by Gasteiger charge is -2.10. The van der Waals surface area contributed by atoms with E-state index in [1.54, 1.807) is 36.4 Å². The molecule has 6 heteroatoms. The number of aromatic carboxylic acids is 1. The van der Waals surface area contributed by atoms with Gasteiger partial charge in [0.15, 0.2) is 0 Å². The van der Waals surface area contributed by atoms with Crippen LogP contribution in [0.4, 0.5) is 5.69 Å². The Hall–Kier alpha value is -3.08. The number of carboxylic acids is 1. The van der Waals surface area contributed by atoms with E-state index in [1.165, 1.54) is 12.1 Å². The molecular formula is C22H15Cl2NO3. The zero-order valence-corrected chi connectivity index (χ0v) is 16.0. The van der Waals surface area contributed by atoms with Crippen LogP contribution in [0.5, 0.6) is 0 Å². The van der Waals surface area contributed by atoms with E-state index in [9.17, 15) is 14.7 Å². The van der Waals surface area contributed by atoms with Crippen LogP contribution in [-0.2, 0) is 4.79 Å². The molecule has 28 heavy (non-hydrogen) atoms. The van der Waals surface area contributed by atoms with E-state index >= 15 is 0 Å². The first-order chi connectivity index (χ1) is 13.4. The normalized spacial score (nSPS) is 10.8. The van der Waals surface area contributed by atoms with Gasteiger partial charge in [0.2, 0.25) is 5.91 Å². The van der Waals surface area contributed by atoms with Crippen LogP contribution in [0.2, 0.25) is 10.0 Å². The molecule has 0 radical (unpaired) electrons. The van der Waals surface area contributed by atoms with Crippen molar-refractivity contribution in [1.82, 2.24) is 0 Å². The van der Waals surface area contributed by atoms with Crippen LogP contribution in [0.1, 0.15) is 15.9 Å². The predicted octanol–water partition coefficient (Wildman–Crippen LogP) is 6.01. The van der Waals surface area contributed by atoms with Gasteiger partial charge in [-0.25, -0.2) is 4.79 Å². The number of rotatable bonds is 5. The number of benzene rings is 3. The summed E-state index contributed by atoms with van der Waals surface area (Å²) in [5, 5.41) is 12.8. The molecule has 0 saturated heterocycles. The first-order valence-corrected chi connectivity index (χ1v) is 9.06. The van der Waals surface area contributed by atoms with Gasteiger partial charge >= 0.3 is 5.97 Å². The van der Waals surface area contributed by atoms with Crippen molar-refractivity contribution in [1.29, 1.82) is 0 Å². The molecule has 0 atom stereocenters. The molecule has 3 rings (SSSR count). The lowest BCUT2D eigenvalue weighted by Crippen LogP contribution is -2.12. The van der Waals surface area contributed by atoms with Gasteiger partial charge in [0, 0.05) is 6.08 Å². The summed E-state index contributed by atoms with van der Waals surface area (Å²) in [7, 11) is 0. The number of carbonyl (C=O) groups is 2. The Morgan fingerprint density at radius 3 is 2.29 bits per heavy atom. The van der Waals surface area contributed by atoms with Gasteiger partial charge in [0.25, 0.3) is 0 Å². The van der Waals surface area contributed by atoms with Crippen LogP contribution < -0.4 is 5.32 Å². The number of nitrogens with one attached hydrogen (secondary N) is 1. The Labute approximate surface area is 172 Å². The van der Waals surface area contributed by atoms with Crippen molar-refractivity contribution in [3.63, 3.8) is 0 Å². The van der Waals surface area contributed by atoms with Crippen molar-refractivity contribution in [3.05, 3.63) is 94.0 Å².